The first kappa shape index (κ1) is 12.9. The normalized spacial score (nSPS) is 12.4. The largest absolute Gasteiger partial charge is 0.428 e. The standard InChI is InChI=1S/C10H18O4/c1-5-8(4)10(12)14-6-13-9(11)7(2)3/h7-8H,5-6H2,1-4H3. The molecule has 0 aliphatic heterocycles. The second kappa shape index (κ2) is 6.40. The average Bonchev–Trinajstić information content (AvgIpc) is 2.15. The topological polar surface area (TPSA) is 52.6 Å². The second-order valence-electron chi connectivity index (χ2n) is 3.51. The average molecular weight is 202 g/mol. The maximum atomic E-state index is 11.1. The minimum absolute atomic E-state index is 0.146. The molecule has 14 heavy (non-hydrogen) atoms. The molecule has 0 amide bonds. The molecule has 0 N–H and O–H groups in total. The van der Waals surface area contributed by atoms with Crippen molar-refractivity contribution in [1.29, 1.82) is 0 Å². The molecular formula is C10H18O4. The van der Waals surface area contributed by atoms with Crippen LogP contribution in [-0.4, -0.2) is 18.7 Å². The molecule has 0 aromatic rings. The molecule has 0 spiro atoms. The summed E-state index contributed by atoms with van der Waals surface area (Å²) in [6, 6.07) is 0. The lowest BCUT2D eigenvalue weighted by Gasteiger charge is -2.10. The summed E-state index contributed by atoms with van der Waals surface area (Å²) in [4.78, 5) is 22.1. The van der Waals surface area contributed by atoms with Crippen LogP contribution in [0, 0.1) is 11.8 Å². The van der Waals surface area contributed by atoms with Crippen molar-refractivity contribution in [3.8, 4) is 0 Å². The third-order valence-electron chi connectivity index (χ3n) is 1.89. The number of esters is 2. The third-order valence-corrected chi connectivity index (χ3v) is 1.89. The van der Waals surface area contributed by atoms with Crippen LogP contribution in [-0.2, 0) is 19.1 Å². The van der Waals surface area contributed by atoms with Crippen LogP contribution in [0.3, 0.4) is 0 Å². The molecule has 0 aliphatic carbocycles. The van der Waals surface area contributed by atoms with Crippen LogP contribution >= 0.6 is 0 Å². The molecule has 0 saturated heterocycles. The summed E-state index contributed by atoms with van der Waals surface area (Å²) < 4.78 is 9.42. The van der Waals surface area contributed by atoms with Crippen molar-refractivity contribution in [2.24, 2.45) is 11.8 Å². The molecule has 0 aromatic carbocycles. The number of carbonyl (C=O) groups excluding carboxylic acids is 2. The maximum absolute atomic E-state index is 11.1. The van der Waals surface area contributed by atoms with E-state index >= 15 is 0 Å². The number of ether oxygens (including phenoxy) is 2. The molecule has 0 rings (SSSR count). The van der Waals surface area contributed by atoms with Crippen molar-refractivity contribution in [3.05, 3.63) is 0 Å². The number of rotatable bonds is 5. The van der Waals surface area contributed by atoms with Gasteiger partial charge in [0.25, 0.3) is 0 Å². The summed E-state index contributed by atoms with van der Waals surface area (Å²) in [5, 5.41) is 0. The van der Waals surface area contributed by atoms with E-state index in [1.807, 2.05) is 6.92 Å². The first-order valence-corrected chi connectivity index (χ1v) is 4.82. The Balaban J connectivity index is 3.64. The van der Waals surface area contributed by atoms with Crippen LogP contribution < -0.4 is 0 Å². The van der Waals surface area contributed by atoms with E-state index in [1.165, 1.54) is 0 Å². The summed E-state index contributed by atoms with van der Waals surface area (Å²) in [5.41, 5.74) is 0. The van der Waals surface area contributed by atoms with E-state index in [0.717, 1.165) is 6.42 Å². The molecular weight excluding hydrogens is 184 g/mol. The van der Waals surface area contributed by atoms with Crippen LogP contribution in [0.25, 0.3) is 0 Å². The van der Waals surface area contributed by atoms with E-state index in [-0.39, 0.29) is 30.6 Å². The van der Waals surface area contributed by atoms with Gasteiger partial charge in [0.2, 0.25) is 6.79 Å². The van der Waals surface area contributed by atoms with Gasteiger partial charge in [0.1, 0.15) is 0 Å². The third kappa shape index (κ3) is 4.84. The van der Waals surface area contributed by atoms with Gasteiger partial charge in [-0.2, -0.15) is 0 Å². The summed E-state index contributed by atoms with van der Waals surface area (Å²) in [6.45, 7) is 6.83. The van der Waals surface area contributed by atoms with E-state index in [0.29, 0.717) is 0 Å². The number of hydrogen-bond donors (Lipinski definition) is 0. The zero-order chi connectivity index (χ0) is 11.1. The summed E-state index contributed by atoms with van der Waals surface area (Å²) >= 11 is 0. The molecule has 0 bridgehead atoms. The van der Waals surface area contributed by atoms with Crippen molar-refractivity contribution in [3.63, 3.8) is 0 Å². The van der Waals surface area contributed by atoms with Gasteiger partial charge in [0, 0.05) is 0 Å². The van der Waals surface area contributed by atoms with Crippen LogP contribution in [0.5, 0.6) is 0 Å². The highest BCUT2D eigenvalue weighted by atomic mass is 16.7. The van der Waals surface area contributed by atoms with Gasteiger partial charge < -0.3 is 9.47 Å². The van der Waals surface area contributed by atoms with Gasteiger partial charge in [0.15, 0.2) is 0 Å². The SMILES string of the molecule is CCC(C)C(=O)OCOC(=O)C(C)C. The van der Waals surface area contributed by atoms with Crippen LogP contribution in [0.1, 0.15) is 34.1 Å². The highest BCUT2D eigenvalue weighted by Gasteiger charge is 2.13. The molecule has 4 nitrogen and oxygen atoms in total. The lowest BCUT2D eigenvalue weighted by molar-refractivity contribution is -0.171. The Kier molecular flexibility index (Phi) is 5.92. The van der Waals surface area contributed by atoms with Gasteiger partial charge in [-0.1, -0.05) is 27.7 Å². The summed E-state index contributed by atoms with van der Waals surface area (Å²) in [7, 11) is 0. The summed E-state index contributed by atoms with van der Waals surface area (Å²) in [5.74, 6) is -1.03. The van der Waals surface area contributed by atoms with Gasteiger partial charge >= 0.3 is 11.9 Å². The minimum Gasteiger partial charge on any atom is -0.428 e. The predicted octanol–water partition coefficient (Wildman–Crippen LogP) is 1.73. The lowest BCUT2D eigenvalue weighted by atomic mass is 10.1. The minimum atomic E-state index is -0.359. The van der Waals surface area contributed by atoms with Crippen LogP contribution in [0.4, 0.5) is 0 Å². The van der Waals surface area contributed by atoms with Gasteiger partial charge in [-0.05, 0) is 6.42 Å². The van der Waals surface area contributed by atoms with E-state index in [2.05, 4.69) is 4.74 Å². The zero-order valence-corrected chi connectivity index (χ0v) is 9.20. The van der Waals surface area contributed by atoms with Crippen LogP contribution in [0.15, 0.2) is 0 Å². The van der Waals surface area contributed by atoms with Gasteiger partial charge in [-0.15, -0.1) is 0 Å². The van der Waals surface area contributed by atoms with Crippen molar-refractivity contribution in [2.45, 2.75) is 34.1 Å². The van der Waals surface area contributed by atoms with Gasteiger partial charge in [-0.3, -0.25) is 9.59 Å². The fraction of sp³-hybridized carbons (Fsp3) is 0.800. The molecule has 82 valence electrons. The molecule has 0 aromatic heterocycles. The second-order valence-corrected chi connectivity index (χ2v) is 3.51. The molecule has 4 heteroatoms. The Bertz CT molecular complexity index is 198. The van der Waals surface area contributed by atoms with Gasteiger partial charge in [-0.25, -0.2) is 0 Å². The van der Waals surface area contributed by atoms with Crippen molar-refractivity contribution < 1.29 is 19.1 Å². The molecule has 0 heterocycles. The Labute approximate surface area is 84.6 Å². The molecule has 0 radical (unpaired) electrons. The van der Waals surface area contributed by atoms with Gasteiger partial charge in [0.05, 0.1) is 11.8 Å². The van der Waals surface area contributed by atoms with E-state index in [9.17, 15) is 9.59 Å². The lowest BCUT2D eigenvalue weighted by Crippen LogP contribution is -2.19. The first-order valence-electron chi connectivity index (χ1n) is 4.82. The highest BCUT2D eigenvalue weighted by Crippen LogP contribution is 2.03. The van der Waals surface area contributed by atoms with E-state index in [4.69, 9.17) is 4.74 Å². The Morgan fingerprint density at radius 3 is 2.00 bits per heavy atom. The molecule has 1 unspecified atom stereocenters. The molecule has 0 fully saturated rings. The monoisotopic (exact) mass is 202 g/mol. The fourth-order valence-corrected chi connectivity index (χ4v) is 0.621. The highest BCUT2D eigenvalue weighted by molar-refractivity contribution is 5.73. The first-order chi connectivity index (χ1) is 6.49. The fourth-order valence-electron chi connectivity index (χ4n) is 0.621. The quantitative estimate of drug-likeness (QED) is 0.503. The van der Waals surface area contributed by atoms with Crippen molar-refractivity contribution >= 4 is 11.9 Å². The Morgan fingerprint density at radius 2 is 1.57 bits per heavy atom. The number of carbonyl (C=O) groups is 2. The number of hydrogen-bond acceptors (Lipinski definition) is 4. The predicted molar refractivity (Wildman–Crippen MR) is 51.3 cm³/mol. The Morgan fingerprint density at radius 1 is 1.07 bits per heavy atom. The van der Waals surface area contributed by atoms with Crippen molar-refractivity contribution in [2.75, 3.05) is 6.79 Å². The summed E-state index contributed by atoms with van der Waals surface area (Å²) in [6.07, 6.45) is 0.719. The van der Waals surface area contributed by atoms with Crippen molar-refractivity contribution in [1.82, 2.24) is 0 Å². The maximum Gasteiger partial charge on any atom is 0.311 e. The molecule has 1 atom stereocenters. The zero-order valence-electron chi connectivity index (χ0n) is 9.20. The Hall–Kier alpha value is -1.06. The van der Waals surface area contributed by atoms with E-state index < -0.39 is 0 Å². The van der Waals surface area contributed by atoms with Crippen LogP contribution in [0.2, 0.25) is 0 Å². The smallest absolute Gasteiger partial charge is 0.311 e. The molecule has 0 saturated carbocycles. The van der Waals surface area contributed by atoms with E-state index in [1.54, 1.807) is 20.8 Å². The molecule has 0 aliphatic rings.